The Labute approximate surface area is 133 Å². The van der Waals surface area contributed by atoms with Crippen molar-refractivity contribution in [1.82, 2.24) is 10.6 Å². The Balaban J connectivity index is 2.81. The van der Waals surface area contributed by atoms with E-state index in [0.29, 0.717) is 23.0 Å². The molecule has 0 saturated heterocycles. The maximum atomic E-state index is 12.2. The fourth-order valence-electron chi connectivity index (χ4n) is 1.49. The highest BCUT2D eigenvalue weighted by molar-refractivity contribution is 9.10. The molecular formula is C14H19BrN2O2S. The van der Waals surface area contributed by atoms with Gasteiger partial charge >= 0.3 is 0 Å². The molecule has 1 aromatic rings. The van der Waals surface area contributed by atoms with Crippen molar-refractivity contribution >= 4 is 39.2 Å². The van der Waals surface area contributed by atoms with Crippen molar-refractivity contribution in [2.75, 3.05) is 6.61 Å². The third kappa shape index (κ3) is 5.09. The number of hydrogen-bond donors (Lipinski definition) is 2. The molecule has 6 heteroatoms. The molecule has 110 valence electrons. The van der Waals surface area contributed by atoms with Gasteiger partial charge in [-0.2, -0.15) is 0 Å². The Kier molecular flexibility index (Phi) is 6.95. The van der Waals surface area contributed by atoms with Crippen LogP contribution >= 0.6 is 28.1 Å². The van der Waals surface area contributed by atoms with Crippen molar-refractivity contribution < 1.29 is 9.53 Å². The summed E-state index contributed by atoms with van der Waals surface area (Å²) < 4.78 is 6.26. The van der Waals surface area contributed by atoms with E-state index in [0.717, 1.165) is 10.9 Å². The predicted molar refractivity (Wildman–Crippen MR) is 88.3 cm³/mol. The number of rotatable bonds is 5. The molecule has 0 aliphatic rings. The van der Waals surface area contributed by atoms with E-state index in [1.54, 1.807) is 12.1 Å². The van der Waals surface area contributed by atoms with Crippen LogP contribution < -0.4 is 15.4 Å². The third-order valence-corrected chi connectivity index (χ3v) is 3.42. The Hall–Kier alpha value is -1.14. The van der Waals surface area contributed by atoms with Gasteiger partial charge in [-0.1, -0.05) is 22.9 Å². The minimum Gasteiger partial charge on any atom is -0.493 e. The monoisotopic (exact) mass is 358 g/mol. The molecule has 0 aliphatic carbocycles. The SMILES string of the molecule is CCOc1ccc(Br)cc1C(=O)NC(=S)NC(C)CC. The molecule has 20 heavy (non-hydrogen) atoms. The van der Waals surface area contributed by atoms with Gasteiger partial charge in [0, 0.05) is 10.5 Å². The van der Waals surface area contributed by atoms with Crippen molar-refractivity contribution in [2.45, 2.75) is 33.2 Å². The fraction of sp³-hybridized carbons (Fsp3) is 0.429. The van der Waals surface area contributed by atoms with Gasteiger partial charge in [-0.05, 0) is 50.7 Å². The van der Waals surface area contributed by atoms with E-state index < -0.39 is 0 Å². The molecule has 0 radical (unpaired) electrons. The molecule has 1 atom stereocenters. The predicted octanol–water partition coefficient (Wildman–Crippen LogP) is 3.25. The molecule has 1 aromatic carbocycles. The van der Waals surface area contributed by atoms with Crippen LogP contribution in [0.4, 0.5) is 0 Å². The Bertz CT molecular complexity index is 494. The summed E-state index contributed by atoms with van der Waals surface area (Å²) in [5, 5.41) is 6.04. The largest absolute Gasteiger partial charge is 0.493 e. The summed E-state index contributed by atoms with van der Waals surface area (Å²) in [7, 11) is 0. The Morgan fingerprint density at radius 3 is 2.75 bits per heavy atom. The summed E-state index contributed by atoms with van der Waals surface area (Å²) in [5.74, 6) is 0.259. The van der Waals surface area contributed by atoms with E-state index in [1.807, 2.05) is 26.8 Å². The lowest BCUT2D eigenvalue weighted by Crippen LogP contribution is -2.43. The zero-order valence-corrected chi connectivity index (χ0v) is 14.2. The van der Waals surface area contributed by atoms with Crippen molar-refractivity contribution in [3.63, 3.8) is 0 Å². The molecule has 0 saturated carbocycles. The van der Waals surface area contributed by atoms with Crippen molar-refractivity contribution in [3.05, 3.63) is 28.2 Å². The highest BCUT2D eigenvalue weighted by atomic mass is 79.9. The molecule has 0 aliphatic heterocycles. The number of thiocarbonyl (C=S) groups is 1. The van der Waals surface area contributed by atoms with Crippen LogP contribution in [0, 0.1) is 0 Å². The van der Waals surface area contributed by atoms with Gasteiger partial charge in [-0.3, -0.25) is 10.1 Å². The molecule has 1 amide bonds. The minimum atomic E-state index is -0.282. The highest BCUT2D eigenvalue weighted by Crippen LogP contribution is 2.23. The number of nitrogens with one attached hydrogen (secondary N) is 2. The lowest BCUT2D eigenvalue weighted by molar-refractivity contribution is 0.0972. The van der Waals surface area contributed by atoms with Gasteiger partial charge in [0.1, 0.15) is 5.75 Å². The standard InChI is InChI=1S/C14H19BrN2O2S/c1-4-9(3)16-14(20)17-13(18)11-8-10(15)6-7-12(11)19-5-2/h6-9H,4-5H2,1-3H3,(H2,16,17,18,20). The molecule has 0 bridgehead atoms. The molecule has 0 aromatic heterocycles. The number of amides is 1. The second-order valence-corrected chi connectivity index (χ2v) is 5.63. The van der Waals surface area contributed by atoms with E-state index in [4.69, 9.17) is 17.0 Å². The van der Waals surface area contributed by atoms with Gasteiger partial charge in [0.15, 0.2) is 5.11 Å². The highest BCUT2D eigenvalue weighted by Gasteiger charge is 2.15. The van der Waals surface area contributed by atoms with Crippen molar-refractivity contribution in [2.24, 2.45) is 0 Å². The average Bonchev–Trinajstić information content (AvgIpc) is 2.40. The van der Waals surface area contributed by atoms with Crippen LogP contribution in [0.3, 0.4) is 0 Å². The summed E-state index contributed by atoms with van der Waals surface area (Å²) in [6.07, 6.45) is 0.928. The molecule has 2 N–H and O–H groups in total. The number of benzene rings is 1. The Morgan fingerprint density at radius 2 is 2.15 bits per heavy atom. The topological polar surface area (TPSA) is 50.4 Å². The molecule has 1 rings (SSSR count). The van der Waals surface area contributed by atoms with Gasteiger partial charge in [0.2, 0.25) is 0 Å². The molecule has 0 spiro atoms. The van der Waals surface area contributed by atoms with Gasteiger partial charge in [0.25, 0.3) is 5.91 Å². The lowest BCUT2D eigenvalue weighted by Gasteiger charge is -2.15. The number of hydrogen-bond acceptors (Lipinski definition) is 3. The van der Waals surface area contributed by atoms with Crippen LogP contribution in [-0.4, -0.2) is 23.7 Å². The summed E-state index contributed by atoms with van der Waals surface area (Å²) >= 11 is 8.47. The number of carbonyl (C=O) groups is 1. The summed E-state index contributed by atoms with van der Waals surface area (Å²) in [4.78, 5) is 12.2. The minimum absolute atomic E-state index is 0.219. The zero-order valence-electron chi connectivity index (χ0n) is 11.8. The van der Waals surface area contributed by atoms with E-state index in [1.165, 1.54) is 0 Å². The summed E-state index contributed by atoms with van der Waals surface area (Å²) in [5.41, 5.74) is 0.453. The maximum Gasteiger partial charge on any atom is 0.261 e. The van der Waals surface area contributed by atoms with Gasteiger partial charge in [-0.25, -0.2) is 0 Å². The van der Waals surface area contributed by atoms with Crippen LogP contribution in [0.5, 0.6) is 5.75 Å². The number of carbonyl (C=O) groups excluding carboxylic acids is 1. The van der Waals surface area contributed by atoms with E-state index in [2.05, 4.69) is 26.6 Å². The first-order chi connectivity index (χ1) is 9.47. The van der Waals surface area contributed by atoms with E-state index in [9.17, 15) is 4.79 Å². The molecule has 4 nitrogen and oxygen atoms in total. The second-order valence-electron chi connectivity index (χ2n) is 4.31. The first-order valence-corrected chi connectivity index (χ1v) is 7.72. The molecule has 0 fully saturated rings. The quantitative estimate of drug-likeness (QED) is 0.793. The van der Waals surface area contributed by atoms with Crippen LogP contribution in [0.25, 0.3) is 0 Å². The average molecular weight is 359 g/mol. The summed E-state index contributed by atoms with van der Waals surface area (Å²) in [6, 6.07) is 5.52. The zero-order chi connectivity index (χ0) is 15.1. The molecule has 1 unspecified atom stereocenters. The van der Waals surface area contributed by atoms with Crippen molar-refractivity contribution in [3.8, 4) is 5.75 Å². The van der Waals surface area contributed by atoms with Gasteiger partial charge in [0.05, 0.1) is 12.2 Å². The number of halogens is 1. The molecular weight excluding hydrogens is 340 g/mol. The third-order valence-electron chi connectivity index (χ3n) is 2.70. The van der Waals surface area contributed by atoms with Crippen LogP contribution in [0.1, 0.15) is 37.6 Å². The van der Waals surface area contributed by atoms with E-state index >= 15 is 0 Å². The maximum absolute atomic E-state index is 12.2. The second kappa shape index (κ2) is 8.21. The van der Waals surface area contributed by atoms with Crippen LogP contribution in [0.15, 0.2) is 22.7 Å². The van der Waals surface area contributed by atoms with Crippen LogP contribution in [-0.2, 0) is 0 Å². The number of ether oxygens (including phenoxy) is 1. The first kappa shape index (κ1) is 16.9. The Morgan fingerprint density at radius 1 is 1.45 bits per heavy atom. The summed E-state index contributed by atoms with van der Waals surface area (Å²) in [6.45, 7) is 6.42. The van der Waals surface area contributed by atoms with Gasteiger partial charge in [-0.15, -0.1) is 0 Å². The normalized spacial score (nSPS) is 11.6. The van der Waals surface area contributed by atoms with Crippen LogP contribution in [0.2, 0.25) is 0 Å². The molecule has 0 heterocycles. The van der Waals surface area contributed by atoms with Crippen molar-refractivity contribution in [1.29, 1.82) is 0 Å². The van der Waals surface area contributed by atoms with E-state index in [-0.39, 0.29) is 11.9 Å². The lowest BCUT2D eigenvalue weighted by atomic mass is 10.2. The fourth-order valence-corrected chi connectivity index (χ4v) is 2.15. The smallest absolute Gasteiger partial charge is 0.261 e. The van der Waals surface area contributed by atoms with Gasteiger partial charge < -0.3 is 10.1 Å². The first-order valence-electron chi connectivity index (χ1n) is 6.52.